The van der Waals surface area contributed by atoms with Gasteiger partial charge in [0.25, 0.3) is 0 Å². The molecule has 3 aromatic rings. The fourth-order valence-corrected chi connectivity index (χ4v) is 2.61. The van der Waals surface area contributed by atoms with Gasteiger partial charge in [0.05, 0.1) is 0 Å². The van der Waals surface area contributed by atoms with Crippen LogP contribution in [0.4, 0.5) is 5.69 Å². The number of hydrogen-bond acceptors (Lipinski definition) is 2. The van der Waals surface area contributed by atoms with Gasteiger partial charge in [-0.1, -0.05) is 30.3 Å². The van der Waals surface area contributed by atoms with E-state index >= 15 is 0 Å². The summed E-state index contributed by atoms with van der Waals surface area (Å²) in [5, 5.41) is 5.52. The Hall–Kier alpha value is -2.48. The summed E-state index contributed by atoms with van der Waals surface area (Å²) in [5.41, 5.74) is 5.34. The zero-order valence-corrected chi connectivity index (χ0v) is 12.6. The maximum atomic E-state index is 5.97. The molecule has 21 heavy (non-hydrogen) atoms. The van der Waals surface area contributed by atoms with E-state index in [1.165, 1.54) is 5.56 Å². The van der Waals surface area contributed by atoms with E-state index < -0.39 is 0 Å². The highest BCUT2D eigenvalue weighted by Crippen LogP contribution is 2.16. The minimum atomic E-state index is 0.918. The van der Waals surface area contributed by atoms with Crippen LogP contribution in [0.2, 0.25) is 0 Å². The largest absolute Gasteiger partial charge is 0.456 e. The molecule has 0 unspecified atom stereocenters. The number of nitrogens with one attached hydrogen (secondary N) is 1. The zero-order valence-electron chi connectivity index (χ0n) is 12.6. The minimum absolute atomic E-state index is 0.918. The van der Waals surface area contributed by atoms with E-state index in [9.17, 15) is 0 Å². The van der Waals surface area contributed by atoms with Crippen molar-refractivity contribution in [1.29, 1.82) is 0 Å². The predicted molar refractivity (Wildman–Crippen MR) is 89.9 cm³/mol. The van der Waals surface area contributed by atoms with Gasteiger partial charge in [-0.05, 0) is 49.3 Å². The molecule has 2 nitrogen and oxygen atoms in total. The molecule has 1 aromatic heterocycles. The van der Waals surface area contributed by atoms with Crippen LogP contribution in [0.15, 0.2) is 46.9 Å². The number of fused-ring (bicyclic) bond motifs is 1. The molecule has 0 spiro atoms. The van der Waals surface area contributed by atoms with Crippen LogP contribution >= 0.6 is 0 Å². The molecule has 0 saturated carbocycles. The summed E-state index contributed by atoms with van der Waals surface area (Å²) in [4.78, 5) is 0. The summed E-state index contributed by atoms with van der Waals surface area (Å²) in [6, 6.07) is 14.6. The summed E-state index contributed by atoms with van der Waals surface area (Å²) >= 11 is 0. The molecule has 0 saturated heterocycles. The molecule has 2 heteroatoms. The van der Waals surface area contributed by atoms with Crippen molar-refractivity contribution < 1.29 is 4.42 Å². The van der Waals surface area contributed by atoms with Crippen molar-refractivity contribution in [3.63, 3.8) is 0 Å². The first-order valence-electron chi connectivity index (χ1n) is 7.17. The summed E-state index contributed by atoms with van der Waals surface area (Å²) in [5.74, 6) is 0. The smallest absolute Gasteiger partial charge is 0.135 e. The van der Waals surface area contributed by atoms with E-state index in [1.807, 2.05) is 26.1 Å². The van der Waals surface area contributed by atoms with Crippen LogP contribution in [0, 0.1) is 6.92 Å². The third-order valence-electron chi connectivity index (χ3n) is 3.70. The number of aryl methyl sites for hydroxylation is 1. The van der Waals surface area contributed by atoms with Crippen molar-refractivity contribution in [2.75, 3.05) is 12.4 Å². The molecule has 0 atom stereocenters. The molecule has 0 radical (unpaired) electrons. The molecular weight excluding hydrogens is 258 g/mol. The Kier molecular flexibility index (Phi) is 3.53. The Morgan fingerprint density at radius 3 is 2.67 bits per heavy atom. The highest BCUT2D eigenvalue weighted by molar-refractivity contribution is 5.82. The molecule has 0 fully saturated rings. The molecule has 106 valence electrons. The van der Waals surface area contributed by atoms with Crippen LogP contribution in [-0.2, 0) is 0 Å². The van der Waals surface area contributed by atoms with Crippen LogP contribution in [0.3, 0.4) is 0 Å². The van der Waals surface area contributed by atoms with Gasteiger partial charge in [-0.3, -0.25) is 0 Å². The van der Waals surface area contributed by atoms with Gasteiger partial charge in [0, 0.05) is 23.3 Å². The van der Waals surface area contributed by atoms with Gasteiger partial charge in [-0.15, -0.1) is 0 Å². The average molecular weight is 277 g/mol. The monoisotopic (exact) mass is 277 g/mol. The predicted octanol–water partition coefficient (Wildman–Crippen LogP) is 3.41. The Labute approximate surface area is 124 Å². The number of furan rings is 1. The lowest BCUT2D eigenvalue weighted by molar-refractivity contribution is 0.574. The summed E-state index contributed by atoms with van der Waals surface area (Å²) in [6.07, 6.45) is 4.20. The van der Waals surface area contributed by atoms with Crippen molar-refractivity contribution in [2.45, 2.75) is 13.8 Å². The topological polar surface area (TPSA) is 25.2 Å². The second-order valence-corrected chi connectivity index (χ2v) is 5.15. The maximum absolute atomic E-state index is 5.97. The Balaban J connectivity index is 2.36. The highest BCUT2D eigenvalue weighted by Gasteiger charge is 2.04. The van der Waals surface area contributed by atoms with Gasteiger partial charge in [-0.2, -0.15) is 0 Å². The van der Waals surface area contributed by atoms with Crippen LogP contribution in [-0.4, -0.2) is 7.05 Å². The SMILES string of the molecule is C/C=c1/oc2cc(C)ccc2/c1=C\c1ccccc1NC. The van der Waals surface area contributed by atoms with Gasteiger partial charge in [-0.25, -0.2) is 0 Å². The second-order valence-electron chi connectivity index (χ2n) is 5.15. The molecule has 2 aromatic carbocycles. The number of rotatable bonds is 2. The van der Waals surface area contributed by atoms with E-state index in [2.05, 4.69) is 54.7 Å². The van der Waals surface area contributed by atoms with Crippen molar-refractivity contribution in [3.8, 4) is 0 Å². The van der Waals surface area contributed by atoms with Crippen molar-refractivity contribution in [2.24, 2.45) is 0 Å². The molecule has 1 heterocycles. The van der Waals surface area contributed by atoms with Crippen LogP contribution in [0.25, 0.3) is 23.1 Å². The Morgan fingerprint density at radius 1 is 1.10 bits per heavy atom. The molecule has 0 aliphatic rings. The first kappa shape index (κ1) is 13.5. The lowest BCUT2D eigenvalue weighted by Crippen LogP contribution is -2.19. The third kappa shape index (κ3) is 2.45. The molecule has 0 bridgehead atoms. The molecule has 1 N–H and O–H groups in total. The number of benzene rings is 2. The molecule has 0 aliphatic heterocycles. The highest BCUT2D eigenvalue weighted by atomic mass is 16.3. The molecule has 3 rings (SSSR count). The van der Waals surface area contributed by atoms with Gasteiger partial charge >= 0.3 is 0 Å². The fourth-order valence-electron chi connectivity index (χ4n) is 2.61. The lowest BCUT2D eigenvalue weighted by Gasteiger charge is -2.03. The second kappa shape index (κ2) is 5.49. The van der Waals surface area contributed by atoms with Gasteiger partial charge in [0.2, 0.25) is 0 Å². The van der Waals surface area contributed by atoms with Crippen LogP contribution < -0.4 is 16.0 Å². The van der Waals surface area contributed by atoms with E-state index in [1.54, 1.807) is 0 Å². The average Bonchev–Trinajstić information content (AvgIpc) is 2.84. The van der Waals surface area contributed by atoms with Crippen molar-refractivity contribution >= 4 is 28.8 Å². The first-order valence-corrected chi connectivity index (χ1v) is 7.17. The number of anilines is 1. The van der Waals surface area contributed by atoms with E-state index in [-0.39, 0.29) is 0 Å². The van der Waals surface area contributed by atoms with E-state index in [4.69, 9.17) is 4.42 Å². The number of para-hydroxylation sites is 1. The quantitative estimate of drug-likeness (QED) is 0.776. The maximum Gasteiger partial charge on any atom is 0.135 e. The summed E-state index contributed by atoms with van der Waals surface area (Å²) in [6.45, 7) is 4.09. The Morgan fingerprint density at radius 2 is 1.90 bits per heavy atom. The Bertz CT molecular complexity index is 903. The first-order chi connectivity index (χ1) is 10.2. The normalized spacial score (nSPS) is 13.1. The van der Waals surface area contributed by atoms with Crippen molar-refractivity contribution in [3.05, 3.63) is 64.2 Å². The summed E-state index contributed by atoms with van der Waals surface area (Å²) < 4.78 is 5.97. The van der Waals surface area contributed by atoms with Crippen LogP contribution in [0.5, 0.6) is 0 Å². The van der Waals surface area contributed by atoms with Crippen molar-refractivity contribution in [1.82, 2.24) is 0 Å². The fraction of sp³-hybridized carbons (Fsp3) is 0.158. The molecular formula is C19H19NO. The minimum Gasteiger partial charge on any atom is -0.456 e. The van der Waals surface area contributed by atoms with E-state index in [0.29, 0.717) is 0 Å². The van der Waals surface area contributed by atoms with Gasteiger partial charge < -0.3 is 9.73 Å². The lowest BCUT2D eigenvalue weighted by atomic mass is 10.1. The zero-order chi connectivity index (χ0) is 14.8. The van der Waals surface area contributed by atoms with Gasteiger partial charge in [0.1, 0.15) is 11.0 Å². The third-order valence-corrected chi connectivity index (χ3v) is 3.70. The molecule has 0 aliphatic carbocycles. The van der Waals surface area contributed by atoms with E-state index in [0.717, 1.165) is 32.9 Å². The van der Waals surface area contributed by atoms with Gasteiger partial charge in [0.15, 0.2) is 0 Å². The number of hydrogen-bond donors (Lipinski definition) is 1. The standard InChI is InChI=1S/C19H19NO/c1-4-18-16(12-14-7-5-6-8-17(14)20-3)15-10-9-13(2)11-19(15)21-18/h4-12,20H,1-3H3/b16-12+,18-4+. The summed E-state index contributed by atoms with van der Waals surface area (Å²) in [7, 11) is 1.94. The molecule has 0 amide bonds. The van der Waals surface area contributed by atoms with Crippen LogP contribution in [0.1, 0.15) is 18.1 Å².